The van der Waals surface area contributed by atoms with Crippen LogP contribution in [0.15, 0.2) is 30.3 Å². The summed E-state index contributed by atoms with van der Waals surface area (Å²) in [6, 6.07) is 10.7. The molecule has 1 saturated heterocycles. The zero-order chi connectivity index (χ0) is 24.8. The Morgan fingerprint density at radius 3 is 2.69 bits per heavy atom. The van der Waals surface area contributed by atoms with E-state index in [1.165, 1.54) is 5.56 Å². The number of aliphatic hydroxyl groups excluding tert-OH is 1. The molecule has 0 amide bonds. The van der Waals surface area contributed by atoms with E-state index in [0.717, 1.165) is 79.2 Å². The van der Waals surface area contributed by atoms with Gasteiger partial charge in [-0.25, -0.2) is 0 Å². The lowest BCUT2D eigenvalue weighted by atomic mass is 10.1. The van der Waals surface area contributed by atoms with E-state index in [0.29, 0.717) is 18.7 Å². The third kappa shape index (κ3) is 6.07. The largest absolute Gasteiger partial charge is 0.496 e. The molecule has 0 spiro atoms. The van der Waals surface area contributed by atoms with Crippen LogP contribution in [0, 0.1) is 6.92 Å². The number of piperazine rings is 1. The number of hydrogen-bond donors (Lipinski definition) is 4. The summed E-state index contributed by atoms with van der Waals surface area (Å²) in [5.74, 6) is 0.882. The Bertz CT molecular complexity index is 1120. The van der Waals surface area contributed by atoms with E-state index >= 15 is 0 Å². The van der Waals surface area contributed by atoms with Crippen molar-refractivity contribution in [2.45, 2.75) is 52.2 Å². The molecule has 4 rings (SSSR count). The summed E-state index contributed by atoms with van der Waals surface area (Å²) in [4.78, 5) is 2.47. The predicted molar refractivity (Wildman–Crippen MR) is 143 cm³/mol. The molecule has 2 heterocycles. The number of nitrogens with two attached hydrogens (primary N) is 1. The maximum atomic E-state index is 9.54. The molecule has 5 N–H and O–H groups in total. The summed E-state index contributed by atoms with van der Waals surface area (Å²) in [5.41, 5.74) is 12.2. The number of methoxy groups -OCH3 is 1. The van der Waals surface area contributed by atoms with Crippen LogP contribution in [0.3, 0.4) is 0 Å². The van der Waals surface area contributed by atoms with Gasteiger partial charge in [-0.05, 0) is 43.5 Å². The van der Waals surface area contributed by atoms with E-state index in [1.54, 1.807) is 7.11 Å². The molecule has 2 aromatic carbocycles. The van der Waals surface area contributed by atoms with Crippen molar-refractivity contribution in [3.8, 4) is 5.75 Å². The second-order valence-corrected chi connectivity index (χ2v) is 9.52. The summed E-state index contributed by atoms with van der Waals surface area (Å²) >= 11 is 0. The smallest absolute Gasteiger partial charge is 0.124 e. The van der Waals surface area contributed by atoms with Crippen LogP contribution in [-0.2, 0) is 13.1 Å². The minimum absolute atomic E-state index is 0.152. The SMILES string of the molecule is CCCC(CCO)Nc1cc(N)cc2c(C)nn(Cc3ccc(CN4CCNCC4)cc3OC)c12. The number of benzene rings is 2. The van der Waals surface area contributed by atoms with Gasteiger partial charge in [0.15, 0.2) is 0 Å². The summed E-state index contributed by atoms with van der Waals surface area (Å²) in [5, 5.41) is 22.5. The van der Waals surface area contributed by atoms with Crippen LogP contribution in [-0.4, -0.2) is 65.7 Å². The molecular formula is C27H40N6O2. The normalized spacial score (nSPS) is 15.4. The highest BCUT2D eigenvalue weighted by atomic mass is 16.5. The van der Waals surface area contributed by atoms with Crippen LogP contribution < -0.4 is 21.1 Å². The zero-order valence-electron chi connectivity index (χ0n) is 21.3. The molecule has 0 saturated carbocycles. The summed E-state index contributed by atoms with van der Waals surface area (Å²) in [7, 11) is 1.73. The molecule has 1 atom stereocenters. The number of nitrogens with zero attached hydrogens (tertiary/aromatic N) is 3. The molecule has 35 heavy (non-hydrogen) atoms. The van der Waals surface area contributed by atoms with Gasteiger partial charge in [-0.3, -0.25) is 9.58 Å². The van der Waals surface area contributed by atoms with Crippen molar-refractivity contribution in [2.24, 2.45) is 0 Å². The van der Waals surface area contributed by atoms with Gasteiger partial charge >= 0.3 is 0 Å². The van der Waals surface area contributed by atoms with E-state index in [-0.39, 0.29) is 12.6 Å². The van der Waals surface area contributed by atoms with Crippen molar-refractivity contribution in [1.29, 1.82) is 0 Å². The van der Waals surface area contributed by atoms with Crippen molar-refractivity contribution in [1.82, 2.24) is 20.0 Å². The number of fused-ring (bicyclic) bond motifs is 1. The molecule has 0 radical (unpaired) electrons. The minimum Gasteiger partial charge on any atom is -0.496 e. The molecule has 1 aliphatic rings. The fourth-order valence-electron chi connectivity index (χ4n) is 5.04. The van der Waals surface area contributed by atoms with Crippen molar-refractivity contribution in [3.05, 3.63) is 47.2 Å². The number of aromatic nitrogens is 2. The number of anilines is 2. The summed E-state index contributed by atoms with van der Waals surface area (Å²) < 4.78 is 7.85. The number of ether oxygens (including phenoxy) is 1. The maximum absolute atomic E-state index is 9.54. The highest BCUT2D eigenvalue weighted by Crippen LogP contribution is 2.32. The number of aliphatic hydroxyl groups is 1. The standard InChI is InChI=1S/C27H40N6O2/c1-4-5-23(8-13-34)30-25-16-22(28)15-24-19(2)31-33(27(24)25)18-21-7-6-20(14-26(21)35-3)17-32-11-9-29-10-12-32/h6-7,14-16,23,29-30,34H,4-5,8-13,17-18,28H2,1-3H3. The first-order valence-corrected chi connectivity index (χ1v) is 12.7. The van der Waals surface area contributed by atoms with Crippen molar-refractivity contribution in [3.63, 3.8) is 0 Å². The van der Waals surface area contributed by atoms with Crippen LogP contribution in [0.1, 0.15) is 43.0 Å². The zero-order valence-corrected chi connectivity index (χ0v) is 21.3. The molecule has 1 aliphatic heterocycles. The van der Waals surface area contributed by atoms with Gasteiger partial charge in [0.05, 0.1) is 30.6 Å². The van der Waals surface area contributed by atoms with Gasteiger partial charge in [0.1, 0.15) is 5.75 Å². The Hall–Kier alpha value is -2.81. The van der Waals surface area contributed by atoms with Crippen LogP contribution >= 0.6 is 0 Å². The van der Waals surface area contributed by atoms with Gasteiger partial charge in [-0.1, -0.05) is 25.5 Å². The molecular weight excluding hydrogens is 440 g/mol. The summed E-state index contributed by atoms with van der Waals surface area (Å²) in [6.07, 6.45) is 2.71. The van der Waals surface area contributed by atoms with Crippen LogP contribution in [0.4, 0.5) is 11.4 Å². The van der Waals surface area contributed by atoms with E-state index in [9.17, 15) is 5.11 Å². The topological polar surface area (TPSA) is 101 Å². The maximum Gasteiger partial charge on any atom is 0.124 e. The first-order chi connectivity index (χ1) is 17.0. The fourth-order valence-corrected chi connectivity index (χ4v) is 5.04. The van der Waals surface area contributed by atoms with Crippen LogP contribution in [0.25, 0.3) is 10.9 Å². The quantitative estimate of drug-likeness (QED) is 0.312. The van der Waals surface area contributed by atoms with Crippen LogP contribution in [0.5, 0.6) is 5.75 Å². The van der Waals surface area contributed by atoms with Gasteiger partial charge in [-0.2, -0.15) is 5.10 Å². The fraction of sp³-hybridized carbons (Fsp3) is 0.519. The first kappa shape index (κ1) is 25.3. The van der Waals surface area contributed by atoms with E-state index in [2.05, 4.69) is 40.7 Å². The highest BCUT2D eigenvalue weighted by molar-refractivity contribution is 5.95. The Balaban J connectivity index is 1.64. The lowest BCUT2D eigenvalue weighted by Crippen LogP contribution is -2.42. The molecule has 8 nitrogen and oxygen atoms in total. The number of rotatable bonds is 11. The van der Waals surface area contributed by atoms with E-state index < -0.39 is 0 Å². The van der Waals surface area contributed by atoms with Gasteiger partial charge in [0.2, 0.25) is 0 Å². The van der Waals surface area contributed by atoms with Crippen molar-refractivity contribution >= 4 is 22.3 Å². The second-order valence-electron chi connectivity index (χ2n) is 9.52. The Morgan fingerprint density at radius 1 is 1.17 bits per heavy atom. The monoisotopic (exact) mass is 480 g/mol. The Kier molecular flexibility index (Phi) is 8.49. The van der Waals surface area contributed by atoms with Gasteiger partial charge in [0.25, 0.3) is 0 Å². The molecule has 0 aliphatic carbocycles. The average molecular weight is 481 g/mol. The minimum atomic E-state index is 0.152. The number of aryl methyl sites for hydroxylation is 1. The average Bonchev–Trinajstić information content (AvgIpc) is 3.16. The van der Waals surface area contributed by atoms with E-state index in [4.69, 9.17) is 15.6 Å². The Labute approximate surface area is 208 Å². The van der Waals surface area contributed by atoms with Crippen LogP contribution in [0.2, 0.25) is 0 Å². The van der Waals surface area contributed by atoms with Gasteiger partial charge in [0, 0.05) is 62.0 Å². The lowest BCUT2D eigenvalue weighted by molar-refractivity contribution is 0.233. The lowest BCUT2D eigenvalue weighted by Gasteiger charge is -2.27. The molecule has 190 valence electrons. The van der Waals surface area contributed by atoms with Gasteiger partial charge < -0.3 is 26.2 Å². The van der Waals surface area contributed by atoms with Gasteiger partial charge in [-0.15, -0.1) is 0 Å². The second kappa shape index (κ2) is 11.7. The number of hydrogen-bond acceptors (Lipinski definition) is 7. The van der Waals surface area contributed by atoms with Crippen molar-refractivity contribution in [2.75, 3.05) is 50.9 Å². The Morgan fingerprint density at radius 2 is 1.97 bits per heavy atom. The number of nitrogen functional groups attached to an aromatic ring is 1. The third-order valence-electron chi connectivity index (χ3n) is 6.81. The highest BCUT2D eigenvalue weighted by Gasteiger charge is 2.18. The molecule has 8 heteroatoms. The summed E-state index contributed by atoms with van der Waals surface area (Å²) in [6.45, 7) is 10.1. The molecule has 1 aromatic heterocycles. The van der Waals surface area contributed by atoms with Crippen molar-refractivity contribution < 1.29 is 9.84 Å². The first-order valence-electron chi connectivity index (χ1n) is 12.7. The van der Waals surface area contributed by atoms with E-state index in [1.807, 2.05) is 23.7 Å². The molecule has 0 bridgehead atoms. The predicted octanol–water partition coefficient (Wildman–Crippen LogP) is 3.35. The third-order valence-corrected chi connectivity index (χ3v) is 6.81. The molecule has 1 fully saturated rings. The number of nitrogens with one attached hydrogen (secondary N) is 2. The molecule has 1 unspecified atom stereocenters. The molecule has 3 aromatic rings.